The van der Waals surface area contributed by atoms with E-state index in [4.69, 9.17) is 5.73 Å². The topological polar surface area (TPSA) is 49.1 Å². The van der Waals surface area contributed by atoms with Gasteiger partial charge in [0, 0.05) is 6.42 Å². The van der Waals surface area contributed by atoms with E-state index in [1.165, 1.54) is 25.7 Å². The van der Waals surface area contributed by atoms with Gasteiger partial charge in [0.1, 0.15) is 0 Å². The van der Waals surface area contributed by atoms with E-state index in [-0.39, 0.29) is 4.65 Å². The molecule has 3 heteroatoms. The van der Waals surface area contributed by atoms with E-state index in [0.717, 1.165) is 25.3 Å². The molecule has 0 saturated heterocycles. The van der Waals surface area contributed by atoms with Gasteiger partial charge < -0.3 is 15.6 Å². The zero-order valence-corrected chi connectivity index (χ0v) is 11.4. The van der Waals surface area contributed by atoms with E-state index in [1.54, 1.807) is 7.05 Å². The minimum absolute atomic E-state index is 0.111. The summed E-state index contributed by atoms with van der Waals surface area (Å²) >= 11 is 0. The van der Waals surface area contributed by atoms with Crippen LogP contribution >= 0.6 is 0 Å². The van der Waals surface area contributed by atoms with Crippen molar-refractivity contribution in [1.29, 1.82) is 0 Å². The Bertz CT molecular complexity index is 160. The summed E-state index contributed by atoms with van der Waals surface area (Å²) in [5.41, 5.74) is 5.43. The van der Waals surface area contributed by atoms with E-state index in [1.807, 2.05) is 0 Å². The molecule has 0 aromatic heterocycles. The minimum Gasteiger partial charge on any atom is -0.633 e. The Labute approximate surface area is 101 Å². The van der Waals surface area contributed by atoms with E-state index >= 15 is 0 Å². The lowest BCUT2D eigenvalue weighted by Crippen LogP contribution is -2.40. The molecule has 98 valence electrons. The monoisotopic (exact) mass is 230 g/mol. The summed E-state index contributed by atoms with van der Waals surface area (Å²) in [4.78, 5) is 0. The molecule has 0 heterocycles. The second kappa shape index (κ2) is 8.97. The Kier molecular flexibility index (Phi) is 8.90. The molecule has 0 aromatic rings. The van der Waals surface area contributed by atoms with E-state index in [9.17, 15) is 5.21 Å². The van der Waals surface area contributed by atoms with Crippen LogP contribution in [0.25, 0.3) is 0 Å². The second-order valence-corrected chi connectivity index (χ2v) is 5.09. The van der Waals surface area contributed by atoms with Crippen molar-refractivity contribution in [2.45, 2.75) is 52.4 Å². The number of unbranched alkanes of at least 4 members (excludes halogenated alkanes) is 1. The van der Waals surface area contributed by atoms with E-state index in [2.05, 4.69) is 13.8 Å². The SMILES string of the molecule is CCCCC(CC)CC[N+](C)([O-])CCCN. The van der Waals surface area contributed by atoms with Crippen molar-refractivity contribution in [3.8, 4) is 0 Å². The van der Waals surface area contributed by atoms with Crippen molar-refractivity contribution in [1.82, 2.24) is 0 Å². The summed E-state index contributed by atoms with van der Waals surface area (Å²) in [5.74, 6) is 0.740. The van der Waals surface area contributed by atoms with Crippen molar-refractivity contribution in [2.24, 2.45) is 11.7 Å². The molecule has 0 aliphatic rings. The molecule has 0 fully saturated rings. The van der Waals surface area contributed by atoms with Crippen LogP contribution in [-0.4, -0.2) is 31.3 Å². The first kappa shape index (κ1) is 15.9. The third-order valence-electron chi connectivity index (χ3n) is 3.39. The smallest absolute Gasteiger partial charge is 0.0794 e. The van der Waals surface area contributed by atoms with Gasteiger partial charge in [-0.3, -0.25) is 0 Å². The van der Waals surface area contributed by atoms with Crippen molar-refractivity contribution in [3.63, 3.8) is 0 Å². The van der Waals surface area contributed by atoms with Gasteiger partial charge in [-0.25, -0.2) is 0 Å². The van der Waals surface area contributed by atoms with Crippen LogP contribution in [0.1, 0.15) is 52.4 Å². The molecule has 0 rings (SSSR count). The lowest BCUT2D eigenvalue weighted by molar-refractivity contribution is -0.861. The molecule has 0 aliphatic heterocycles. The summed E-state index contributed by atoms with van der Waals surface area (Å²) in [6, 6.07) is 0. The van der Waals surface area contributed by atoms with Crippen LogP contribution in [0.3, 0.4) is 0 Å². The van der Waals surface area contributed by atoms with Crippen LogP contribution in [-0.2, 0) is 0 Å². The molecule has 2 atom stereocenters. The number of nitrogens with two attached hydrogens (primary N) is 1. The highest BCUT2D eigenvalue weighted by Gasteiger charge is 2.13. The van der Waals surface area contributed by atoms with Gasteiger partial charge in [-0.2, -0.15) is 0 Å². The molecule has 0 bridgehead atoms. The largest absolute Gasteiger partial charge is 0.633 e. The first-order valence-electron chi connectivity index (χ1n) is 6.81. The highest BCUT2D eigenvalue weighted by atomic mass is 16.5. The van der Waals surface area contributed by atoms with Gasteiger partial charge in [-0.05, 0) is 18.9 Å². The minimum atomic E-state index is -0.111. The number of hydrogen-bond donors (Lipinski definition) is 1. The van der Waals surface area contributed by atoms with Gasteiger partial charge in [0.15, 0.2) is 0 Å². The number of hydrogen-bond acceptors (Lipinski definition) is 2. The van der Waals surface area contributed by atoms with Crippen molar-refractivity contribution in [3.05, 3.63) is 5.21 Å². The average molecular weight is 230 g/mol. The molecular weight excluding hydrogens is 200 g/mol. The maximum absolute atomic E-state index is 12.0. The molecule has 0 amide bonds. The predicted molar refractivity (Wildman–Crippen MR) is 70.9 cm³/mol. The van der Waals surface area contributed by atoms with Crippen molar-refractivity contribution in [2.75, 3.05) is 26.7 Å². The molecule has 0 aliphatic carbocycles. The number of quaternary nitrogens is 1. The standard InChI is InChI=1S/C13H30N2O/c1-4-6-8-13(5-2)9-12-15(3,16)11-7-10-14/h13H,4-12,14H2,1-3H3. The van der Waals surface area contributed by atoms with E-state index in [0.29, 0.717) is 13.1 Å². The zero-order valence-electron chi connectivity index (χ0n) is 11.4. The highest BCUT2D eigenvalue weighted by molar-refractivity contribution is 4.58. The number of hydroxylamine groups is 3. The van der Waals surface area contributed by atoms with Crippen LogP contribution in [0, 0.1) is 11.1 Å². The Morgan fingerprint density at radius 2 is 1.81 bits per heavy atom. The summed E-state index contributed by atoms with van der Waals surface area (Å²) in [7, 11) is 1.78. The average Bonchev–Trinajstić information content (AvgIpc) is 2.27. The molecule has 0 aromatic carbocycles. The van der Waals surface area contributed by atoms with Crippen LogP contribution in [0.5, 0.6) is 0 Å². The van der Waals surface area contributed by atoms with Gasteiger partial charge in [0.25, 0.3) is 0 Å². The first-order valence-corrected chi connectivity index (χ1v) is 6.81. The predicted octanol–water partition coefficient (Wildman–Crippen LogP) is 2.89. The summed E-state index contributed by atoms with van der Waals surface area (Å²) in [6.07, 6.45) is 6.95. The van der Waals surface area contributed by atoms with Crippen LogP contribution < -0.4 is 5.73 Å². The molecule has 3 nitrogen and oxygen atoms in total. The third-order valence-corrected chi connectivity index (χ3v) is 3.39. The normalized spacial score (nSPS) is 17.1. The van der Waals surface area contributed by atoms with Crippen LogP contribution in [0.2, 0.25) is 0 Å². The van der Waals surface area contributed by atoms with Gasteiger partial charge in [0.2, 0.25) is 0 Å². The molecule has 0 saturated carbocycles. The van der Waals surface area contributed by atoms with Gasteiger partial charge in [-0.1, -0.05) is 39.5 Å². The Morgan fingerprint density at radius 3 is 2.31 bits per heavy atom. The quantitative estimate of drug-likeness (QED) is 0.463. The molecule has 0 spiro atoms. The van der Waals surface area contributed by atoms with Crippen molar-refractivity contribution < 1.29 is 4.65 Å². The maximum atomic E-state index is 12.0. The molecule has 16 heavy (non-hydrogen) atoms. The molecular formula is C13H30N2O. The van der Waals surface area contributed by atoms with Gasteiger partial charge in [0.05, 0.1) is 20.1 Å². The first-order chi connectivity index (χ1) is 7.55. The maximum Gasteiger partial charge on any atom is 0.0794 e. The van der Waals surface area contributed by atoms with Crippen molar-refractivity contribution >= 4 is 0 Å². The fourth-order valence-electron chi connectivity index (χ4n) is 2.04. The van der Waals surface area contributed by atoms with Gasteiger partial charge >= 0.3 is 0 Å². The highest BCUT2D eigenvalue weighted by Crippen LogP contribution is 2.18. The number of nitrogens with zero attached hydrogens (tertiary/aromatic N) is 1. The molecule has 2 N–H and O–H groups in total. The summed E-state index contributed by atoms with van der Waals surface area (Å²) in [6.45, 7) is 6.50. The molecule has 2 unspecified atom stereocenters. The number of rotatable bonds is 10. The van der Waals surface area contributed by atoms with Gasteiger partial charge in [-0.15, -0.1) is 0 Å². The summed E-state index contributed by atoms with van der Waals surface area (Å²) < 4.78 is -0.111. The third kappa shape index (κ3) is 8.08. The lowest BCUT2D eigenvalue weighted by atomic mass is 9.95. The lowest BCUT2D eigenvalue weighted by Gasteiger charge is -2.39. The van der Waals surface area contributed by atoms with E-state index < -0.39 is 0 Å². The Hall–Kier alpha value is -0.120. The molecule has 0 radical (unpaired) electrons. The summed E-state index contributed by atoms with van der Waals surface area (Å²) in [5, 5.41) is 12.0. The Morgan fingerprint density at radius 1 is 1.12 bits per heavy atom. The fraction of sp³-hybridized carbons (Fsp3) is 1.00. The zero-order chi connectivity index (χ0) is 12.4. The second-order valence-electron chi connectivity index (χ2n) is 5.09. The van der Waals surface area contributed by atoms with Crippen LogP contribution in [0.4, 0.5) is 0 Å². The fourth-order valence-corrected chi connectivity index (χ4v) is 2.04. The van der Waals surface area contributed by atoms with Crippen LogP contribution in [0.15, 0.2) is 0 Å². The Balaban J connectivity index is 3.80.